The van der Waals surface area contributed by atoms with Crippen molar-refractivity contribution >= 4 is 17.5 Å². The van der Waals surface area contributed by atoms with Crippen molar-refractivity contribution in [3.05, 3.63) is 35.1 Å². The Labute approximate surface area is 104 Å². The molecule has 0 bridgehead atoms. The summed E-state index contributed by atoms with van der Waals surface area (Å²) in [6.45, 7) is 3.16. The van der Waals surface area contributed by atoms with Gasteiger partial charge in [0.1, 0.15) is 12.1 Å². The molecule has 2 rings (SSSR count). The molecule has 6 heteroatoms. The fourth-order valence-electron chi connectivity index (χ4n) is 1.40. The van der Waals surface area contributed by atoms with Crippen molar-refractivity contribution in [2.24, 2.45) is 0 Å². The van der Waals surface area contributed by atoms with Crippen molar-refractivity contribution < 1.29 is 4.74 Å². The molecule has 90 valence electrons. The second kappa shape index (κ2) is 5.54. The SMILES string of the molecule is CCOc1ccc(CNc2ncn[nH]2)cc1Cl. The Morgan fingerprint density at radius 1 is 1.47 bits per heavy atom. The van der Waals surface area contributed by atoms with Gasteiger partial charge in [0, 0.05) is 6.54 Å². The van der Waals surface area contributed by atoms with Crippen LogP contribution in [0.15, 0.2) is 24.5 Å². The molecule has 0 aliphatic carbocycles. The molecule has 1 aromatic carbocycles. The molecule has 0 aliphatic rings. The lowest BCUT2D eigenvalue weighted by Crippen LogP contribution is -2.01. The Kier molecular flexibility index (Phi) is 3.82. The van der Waals surface area contributed by atoms with Crippen molar-refractivity contribution in [1.82, 2.24) is 15.2 Å². The van der Waals surface area contributed by atoms with Crippen LogP contribution in [0.1, 0.15) is 12.5 Å². The van der Waals surface area contributed by atoms with Crippen LogP contribution in [0.4, 0.5) is 5.95 Å². The number of rotatable bonds is 5. The van der Waals surface area contributed by atoms with Gasteiger partial charge in [-0.2, -0.15) is 5.10 Å². The standard InChI is InChI=1S/C11H13ClN4O/c1-2-17-10-4-3-8(5-9(10)12)6-13-11-14-7-15-16-11/h3-5,7H,2,6H2,1H3,(H2,13,14,15,16). The lowest BCUT2D eigenvalue weighted by atomic mass is 10.2. The number of anilines is 1. The maximum atomic E-state index is 6.08. The summed E-state index contributed by atoms with van der Waals surface area (Å²) < 4.78 is 5.36. The van der Waals surface area contributed by atoms with E-state index < -0.39 is 0 Å². The summed E-state index contributed by atoms with van der Waals surface area (Å²) in [5.41, 5.74) is 1.05. The van der Waals surface area contributed by atoms with Gasteiger partial charge >= 0.3 is 0 Å². The number of aromatic nitrogens is 3. The summed E-state index contributed by atoms with van der Waals surface area (Å²) in [5, 5.41) is 10.2. The van der Waals surface area contributed by atoms with Crippen LogP contribution in [-0.2, 0) is 6.54 Å². The quantitative estimate of drug-likeness (QED) is 0.858. The van der Waals surface area contributed by atoms with E-state index >= 15 is 0 Å². The number of hydrogen-bond donors (Lipinski definition) is 2. The van der Waals surface area contributed by atoms with Crippen LogP contribution in [0, 0.1) is 0 Å². The van der Waals surface area contributed by atoms with E-state index in [9.17, 15) is 0 Å². The maximum Gasteiger partial charge on any atom is 0.218 e. The molecule has 0 radical (unpaired) electrons. The van der Waals surface area contributed by atoms with Gasteiger partial charge in [0.2, 0.25) is 5.95 Å². The number of halogens is 1. The first-order chi connectivity index (χ1) is 8.29. The van der Waals surface area contributed by atoms with Gasteiger partial charge in [0.15, 0.2) is 0 Å². The molecule has 1 heterocycles. The molecule has 0 saturated heterocycles. The lowest BCUT2D eigenvalue weighted by Gasteiger charge is -2.08. The Morgan fingerprint density at radius 3 is 3.00 bits per heavy atom. The first kappa shape index (κ1) is 11.7. The normalized spacial score (nSPS) is 10.2. The number of nitrogens with zero attached hydrogens (tertiary/aromatic N) is 2. The van der Waals surface area contributed by atoms with E-state index in [0.717, 1.165) is 5.56 Å². The summed E-state index contributed by atoms with van der Waals surface area (Å²) in [7, 11) is 0. The summed E-state index contributed by atoms with van der Waals surface area (Å²) >= 11 is 6.08. The first-order valence-corrected chi connectivity index (χ1v) is 5.68. The molecule has 1 aromatic heterocycles. The third-order valence-electron chi connectivity index (χ3n) is 2.17. The van der Waals surface area contributed by atoms with Gasteiger partial charge in [0.25, 0.3) is 0 Å². The van der Waals surface area contributed by atoms with Crippen molar-refractivity contribution in [2.45, 2.75) is 13.5 Å². The molecule has 17 heavy (non-hydrogen) atoms. The molecule has 2 N–H and O–H groups in total. The van der Waals surface area contributed by atoms with Crippen molar-refractivity contribution in [2.75, 3.05) is 11.9 Å². The molecule has 2 aromatic rings. The topological polar surface area (TPSA) is 62.8 Å². The first-order valence-electron chi connectivity index (χ1n) is 5.30. The molecule has 0 amide bonds. The molecule has 0 saturated carbocycles. The van der Waals surface area contributed by atoms with Crippen molar-refractivity contribution in [1.29, 1.82) is 0 Å². The van der Waals surface area contributed by atoms with Crippen molar-refractivity contribution in [3.63, 3.8) is 0 Å². The zero-order valence-corrected chi connectivity index (χ0v) is 10.2. The fourth-order valence-corrected chi connectivity index (χ4v) is 1.66. The molecule has 0 fully saturated rings. The van der Waals surface area contributed by atoms with E-state index in [1.165, 1.54) is 6.33 Å². The molecule has 0 atom stereocenters. The molecular weight excluding hydrogens is 240 g/mol. The zero-order valence-electron chi connectivity index (χ0n) is 9.40. The minimum atomic E-state index is 0.607. The summed E-state index contributed by atoms with van der Waals surface area (Å²) in [6.07, 6.45) is 1.45. The minimum absolute atomic E-state index is 0.607. The van der Waals surface area contributed by atoms with Crippen LogP contribution < -0.4 is 10.1 Å². The third kappa shape index (κ3) is 3.10. The predicted molar refractivity (Wildman–Crippen MR) is 66.3 cm³/mol. The van der Waals surface area contributed by atoms with E-state index in [-0.39, 0.29) is 0 Å². The fraction of sp³-hybridized carbons (Fsp3) is 0.273. The van der Waals surface area contributed by atoms with Crippen LogP contribution in [0.5, 0.6) is 5.75 Å². The van der Waals surface area contributed by atoms with E-state index in [0.29, 0.717) is 29.9 Å². The van der Waals surface area contributed by atoms with E-state index in [1.54, 1.807) is 0 Å². The highest BCUT2D eigenvalue weighted by atomic mass is 35.5. The molecular formula is C11H13ClN4O. The largest absolute Gasteiger partial charge is 0.492 e. The van der Waals surface area contributed by atoms with Gasteiger partial charge in [-0.25, -0.2) is 10.1 Å². The van der Waals surface area contributed by atoms with E-state index in [2.05, 4.69) is 20.5 Å². The van der Waals surface area contributed by atoms with Gasteiger partial charge < -0.3 is 10.1 Å². The van der Waals surface area contributed by atoms with Crippen LogP contribution in [-0.4, -0.2) is 21.8 Å². The molecule has 5 nitrogen and oxygen atoms in total. The number of aromatic amines is 1. The smallest absolute Gasteiger partial charge is 0.218 e. The van der Waals surface area contributed by atoms with E-state index in [4.69, 9.17) is 16.3 Å². The van der Waals surface area contributed by atoms with Gasteiger partial charge in [-0.3, -0.25) is 0 Å². The lowest BCUT2D eigenvalue weighted by molar-refractivity contribution is 0.340. The number of hydrogen-bond acceptors (Lipinski definition) is 4. The van der Waals surface area contributed by atoms with Crippen LogP contribution in [0.2, 0.25) is 5.02 Å². The highest BCUT2D eigenvalue weighted by Gasteiger charge is 2.03. The predicted octanol–water partition coefficient (Wildman–Crippen LogP) is 2.47. The number of H-pyrrole nitrogens is 1. The number of ether oxygens (including phenoxy) is 1. The molecule has 0 unspecified atom stereocenters. The second-order valence-electron chi connectivity index (χ2n) is 3.39. The molecule has 0 aliphatic heterocycles. The Hall–Kier alpha value is -1.75. The Bertz CT molecular complexity index is 472. The average molecular weight is 253 g/mol. The maximum absolute atomic E-state index is 6.08. The number of benzene rings is 1. The Morgan fingerprint density at radius 2 is 2.35 bits per heavy atom. The van der Waals surface area contributed by atoms with Crippen LogP contribution >= 0.6 is 11.6 Å². The zero-order chi connectivity index (χ0) is 12.1. The van der Waals surface area contributed by atoms with Crippen LogP contribution in [0.25, 0.3) is 0 Å². The van der Waals surface area contributed by atoms with E-state index in [1.807, 2.05) is 25.1 Å². The summed E-state index contributed by atoms with van der Waals surface area (Å²) in [6, 6.07) is 5.69. The number of nitrogens with one attached hydrogen (secondary N) is 2. The highest BCUT2D eigenvalue weighted by molar-refractivity contribution is 6.32. The summed E-state index contributed by atoms with van der Waals surface area (Å²) in [5.74, 6) is 1.34. The Balaban J connectivity index is 2.00. The van der Waals surface area contributed by atoms with Gasteiger partial charge in [-0.1, -0.05) is 17.7 Å². The average Bonchev–Trinajstić information content (AvgIpc) is 2.83. The monoisotopic (exact) mass is 252 g/mol. The third-order valence-corrected chi connectivity index (χ3v) is 2.47. The second-order valence-corrected chi connectivity index (χ2v) is 3.79. The van der Waals surface area contributed by atoms with Gasteiger partial charge in [-0.15, -0.1) is 0 Å². The minimum Gasteiger partial charge on any atom is -0.492 e. The summed E-state index contributed by atoms with van der Waals surface area (Å²) in [4.78, 5) is 3.97. The van der Waals surface area contributed by atoms with Crippen molar-refractivity contribution in [3.8, 4) is 5.75 Å². The highest BCUT2D eigenvalue weighted by Crippen LogP contribution is 2.25. The van der Waals surface area contributed by atoms with Gasteiger partial charge in [0.05, 0.1) is 11.6 Å². The van der Waals surface area contributed by atoms with Gasteiger partial charge in [-0.05, 0) is 24.6 Å². The molecule has 0 spiro atoms. The van der Waals surface area contributed by atoms with Crippen LogP contribution in [0.3, 0.4) is 0 Å².